The number of rotatable bonds is 6. The van der Waals surface area contributed by atoms with Gasteiger partial charge in [0.2, 0.25) is 0 Å². The summed E-state index contributed by atoms with van der Waals surface area (Å²) in [5.41, 5.74) is 6.32. The van der Waals surface area contributed by atoms with Gasteiger partial charge in [-0.05, 0) is 43.7 Å². The zero-order valence-corrected chi connectivity index (χ0v) is 16.8. The Bertz CT molecular complexity index is 941. The molecule has 0 unspecified atom stereocenters. The summed E-state index contributed by atoms with van der Waals surface area (Å²) in [4.78, 5) is 12.9. The standard InChI is InChI=1S/C20H22ClNO4S/c1-3-26-19(23)20(12-22)17(14-6-8-15(21)9-7-14)18(20)27(24,25)16-10-4-13(2)5-11-16/h4-11,17-18H,3,12,22H2,1-2H3/t17-,18-,20+/m0/s1. The summed E-state index contributed by atoms with van der Waals surface area (Å²) in [6, 6.07) is 13.4. The van der Waals surface area contributed by atoms with Gasteiger partial charge in [-0.1, -0.05) is 41.4 Å². The summed E-state index contributed by atoms with van der Waals surface area (Å²) in [7, 11) is -3.79. The minimum absolute atomic E-state index is 0.116. The average molecular weight is 408 g/mol. The van der Waals surface area contributed by atoms with Crippen LogP contribution < -0.4 is 5.73 Å². The third kappa shape index (κ3) is 3.26. The van der Waals surface area contributed by atoms with Crippen molar-refractivity contribution in [3.8, 4) is 0 Å². The van der Waals surface area contributed by atoms with Crippen LogP contribution in [0, 0.1) is 12.3 Å². The van der Waals surface area contributed by atoms with Crippen molar-refractivity contribution in [3.05, 3.63) is 64.7 Å². The third-order valence-electron chi connectivity index (χ3n) is 5.16. The molecule has 0 aliphatic heterocycles. The van der Waals surface area contributed by atoms with Crippen LogP contribution in [0.2, 0.25) is 5.02 Å². The highest BCUT2D eigenvalue weighted by molar-refractivity contribution is 7.92. The van der Waals surface area contributed by atoms with Crippen LogP contribution in [-0.2, 0) is 19.4 Å². The van der Waals surface area contributed by atoms with Crippen LogP contribution >= 0.6 is 11.6 Å². The Morgan fingerprint density at radius 3 is 2.26 bits per heavy atom. The summed E-state index contributed by atoms with van der Waals surface area (Å²) in [6.45, 7) is 3.61. The molecular formula is C20H22ClNO4S. The summed E-state index contributed by atoms with van der Waals surface area (Å²) in [5.74, 6) is -1.15. The topological polar surface area (TPSA) is 86.5 Å². The van der Waals surface area contributed by atoms with Gasteiger partial charge in [-0.15, -0.1) is 0 Å². The molecule has 3 atom stereocenters. The average Bonchev–Trinajstić information content (AvgIpc) is 3.34. The van der Waals surface area contributed by atoms with E-state index in [0.29, 0.717) is 10.6 Å². The lowest BCUT2D eigenvalue weighted by molar-refractivity contribution is -0.149. The first-order valence-electron chi connectivity index (χ1n) is 8.72. The fourth-order valence-electron chi connectivity index (χ4n) is 3.71. The summed E-state index contributed by atoms with van der Waals surface area (Å²) >= 11 is 5.96. The number of hydrogen-bond donors (Lipinski definition) is 1. The van der Waals surface area contributed by atoms with Gasteiger partial charge < -0.3 is 10.5 Å². The minimum Gasteiger partial charge on any atom is -0.465 e. The molecule has 2 aromatic carbocycles. The SMILES string of the molecule is CCOC(=O)[C@]1(CN)[C@@H](c2ccc(Cl)cc2)[C@@H]1S(=O)(=O)c1ccc(C)cc1. The Labute approximate surface area is 164 Å². The first-order chi connectivity index (χ1) is 12.8. The predicted octanol–water partition coefficient (Wildman–Crippen LogP) is 3.10. The Morgan fingerprint density at radius 2 is 1.74 bits per heavy atom. The van der Waals surface area contributed by atoms with Gasteiger partial charge in [0.25, 0.3) is 0 Å². The number of carbonyl (C=O) groups excluding carboxylic acids is 1. The highest BCUT2D eigenvalue weighted by atomic mass is 35.5. The molecule has 1 aliphatic rings. The third-order valence-corrected chi connectivity index (χ3v) is 7.71. The van der Waals surface area contributed by atoms with Crippen LogP contribution in [0.5, 0.6) is 0 Å². The number of sulfone groups is 1. The molecule has 0 saturated heterocycles. The Morgan fingerprint density at radius 1 is 1.15 bits per heavy atom. The normalized spacial score (nSPS) is 24.4. The molecule has 1 aliphatic carbocycles. The maximum Gasteiger partial charge on any atom is 0.315 e. The van der Waals surface area contributed by atoms with Crippen molar-refractivity contribution in [3.63, 3.8) is 0 Å². The number of halogens is 1. The van der Waals surface area contributed by atoms with Crippen molar-refractivity contribution in [2.75, 3.05) is 13.2 Å². The highest BCUT2D eigenvalue weighted by Crippen LogP contribution is 2.64. The van der Waals surface area contributed by atoms with Gasteiger partial charge in [0, 0.05) is 17.5 Å². The van der Waals surface area contributed by atoms with E-state index in [4.69, 9.17) is 22.1 Å². The summed E-state index contributed by atoms with van der Waals surface area (Å²) < 4.78 is 31.9. The molecule has 2 N–H and O–H groups in total. The molecule has 144 valence electrons. The lowest BCUT2D eigenvalue weighted by atomic mass is 9.99. The van der Waals surface area contributed by atoms with E-state index in [9.17, 15) is 13.2 Å². The molecule has 0 aromatic heterocycles. The van der Waals surface area contributed by atoms with Crippen molar-refractivity contribution in [1.82, 2.24) is 0 Å². The molecule has 0 bridgehead atoms. The van der Waals surface area contributed by atoms with Gasteiger partial charge in [-0.2, -0.15) is 0 Å². The second kappa shape index (κ2) is 7.26. The second-order valence-electron chi connectivity index (χ2n) is 6.77. The number of carbonyl (C=O) groups is 1. The maximum absolute atomic E-state index is 13.4. The van der Waals surface area contributed by atoms with Crippen molar-refractivity contribution < 1.29 is 17.9 Å². The van der Waals surface area contributed by atoms with Gasteiger partial charge in [0.05, 0.1) is 16.8 Å². The zero-order chi connectivity index (χ0) is 19.8. The van der Waals surface area contributed by atoms with Crippen LogP contribution in [0.3, 0.4) is 0 Å². The molecule has 3 rings (SSSR count). The van der Waals surface area contributed by atoms with Crippen molar-refractivity contribution in [2.45, 2.75) is 29.9 Å². The van der Waals surface area contributed by atoms with Gasteiger partial charge in [-0.3, -0.25) is 4.79 Å². The quantitative estimate of drug-likeness (QED) is 0.743. The maximum atomic E-state index is 13.4. The summed E-state index contributed by atoms with van der Waals surface area (Å²) in [5, 5.41) is -0.440. The summed E-state index contributed by atoms with van der Waals surface area (Å²) in [6.07, 6.45) is 0. The molecule has 0 heterocycles. The number of ether oxygens (including phenoxy) is 1. The van der Waals surface area contributed by atoms with E-state index in [1.54, 1.807) is 55.5 Å². The zero-order valence-electron chi connectivity index (χ0n) is 15.2. The van der Waals surface area contributed by atoms with Crippen molar-refractivity contribution in [1.29, 1.82) is 0 Å². The predicted molar refractivity (Wildman–Crippen MR) is 104 cm³/mol. The van der Waals surface area contributed by atoms with Crippen LogP contribution in [-0.4, -0.2) is 32.8 Å². The lowest BCUT2D eigenvalue weighted by Gasteiger charge is -2.14. The smallest absolute Gasteiger partial charge is 0.315 e. The van der Waals surface area contributed by atoms with E-state index in [1.807, 2.05) is 6.92 Å². The van der Waals surface area contributed by atoms with E-state index in [1.165, 1.54) is 0 Å². The minimum atomic E-state index is -3.79. The molecule has 27 heavy (non-hydrogen) atoms. The fourth-order valence-corrected chi connectivity index (χ4v) is 6.22. The largest absolute Gasteiger partial charge is 0.465 e. The number of aryl methyl sites for hydroxylation is 1. The Hall–Kier alpha value is -1.89. The molecule has 5 nitrogen and oxygen atoms in total. The number of hydrogen-bond acceptors (Lipinski definition) is 5. The van der Waals surface area contributed by atoms with Crippen molar-refractivity contribution >= 4 is 27.4 Å². The van der Waals surface area contributed by atoms with Crippen LogP contribution in [0.15, 0.2) is 53.4 Å². The van der Waals surface area contributed by atoms with E-state index < -0.39 is 32.4 Å². The molecule has 1 saturated carbocycles. The number of benzene rings is 2. The number of nitrogens with two attached hydrogens (primary N) is 1. The Kier molecular flexibility index (Phi) is 5.34. The van der Waals surface area contributed by atoms with E-state index in [-0.39, 0.29) is 18.0 Å². The molecule has 1 fully saturated rings. The van der Waals surface area contributed by atoms with Gasteiger partial charge in [0.1, 0.15) is 5.41 Å². The van der Waals surface area contributed by atoms with Crippen molar-refractivity contribution in [2.24, 2.45) is 11.1 Å². The Balaban J connectivity index is 2.10. The molecule has 2 aromatic rings. The molecule has 0 radical (unpaired) electrons. The molecule has 0 amide bonds. The molecular weight excluding hydrogens is 386 g/mol. The lowest BCUT2D eigenvalue weighted by Crippen LogP contribution is -2.33. The second-order valence-corrected chi connectivity index (χ2v) is 9.28. The van der Waals surface area contributed by atoms with Gasteiger partial charge in [0.15, 0.2) is 9.84 Å². The van der Waals surface area contributed by atoms with E-state index in [0.717, 1.165) is 5.56 Å². The molecule has 0 spiro atoms. The van der Waals surface area contributed by atoms with E-state index in [2.05, 4.69) is 0 Å². The van der Waals surface area contributed by atoms with Crippen LogP contribution in [0.25, 0.3) is 0 Å². The monoisotopic (exact) mass is 407 g/mol. The molecule has 7 heteroatoms. The van der Waals surface area contributed by atoms with Gasteiger partial charge >= 0.3 is 5.97 Å². The van der Waals surface area contributed by atoms with Gasteiger partial charge in [-0.25, -0.2) is 8.42 Å². The number of esters is 1. The van der Waals surface area contributed by atoms with Crippen LogP contribution in [0.1, 0.15) is 24.0 Å². The fraction of sp³-hybridized carbons (Fsp3) is 0.350. The van der Waals surface area contributed by atoms with Crippen LogP contribution in [0.4, 0.5) is 0 Å². The first-order valence-corrected chi connectivity index (χ1v) is 10.6. The highest BCUT2D eigenvalue weighted by Gasteiger charge is 2.75. The van der Waals surface area contributed by atoms with E-state index >= 15 is 0 Å². The first kappa shape index (κ1) is 19.9.